The van der Waals surface area contributed by atoms with E-state index in [2.05, 4.69) is 0 Å². The zero-order valence-corrected chi connectivity index (χ0v) is 10.5. The summed E-state index contributed by atoms with van der Waals surface area (Å²) >= 11 is 5.96. The van der Waals surface area contributed by atoms with Crippen LogP contribution in [0, 0.1) is 5.92 Å². The van der Waals surface area contributed by atoms with Gasteiger partial charge >= 0.3 is 0 Å². The van der Waals surface area contributed by atoms with Gasteiger partial charge in [0.1, 0.15) is 0 Å². The van der Waals surface area contributed by atoms with Gasteiger partial charge in [0.05, 0.1) is 0 Å². The second kappa shape index (κ2) is 5.52. The van der Waals surface area contributed by atoms with Crippen LogP contribution in [0.5, 0.6) is 0 Å². The van der Waals surface area contributed by atoms with Crippen LogP contribution in [0.25, 0.3) is 0 Å². The number of nitrogens with zero attached hydrogens (tertiary/aromatic N) is 1. The standard InChI is InChI=1S/C13H17ClN2O/c14-11-3-1-4-12(9-11)16(8-2-7-15)13(17)10-5-6-10/h1,3-4,9-10H,2,5-8,15H2. The van der Waals surface area contributed by atoms with Crippen molar-refractivity contribution in [3.05, 3.63) is 29.3 Å². The number of halogens is 1. The third kappa shape index (κ3) is 3.20. The van der Waals surface area contributed by atoms with Crippen molar-refractivity contribution < 1.29 is 4.79 Å². The summed E-state index contributed by atoms with van der Waals surface area (Å²) in [7, 11) is 0. The lowest BCUT2D eigenvalue weighted by atomic mass is 10.2. The normalized spacial score (nSPS) is 14.7. The van der Waals surface area contributed by atoms with Crippen molar-refractivity contribution in [3.8, 4) is 0 Å². The highest BCUT2D eigenvalue weighted by Crippen LogP contribution is 2.33. The van der Waals surface area contributed by atoms with Crippen LogP contribution in [0.15, 0.2) is 24.3 Å². The summed E-state index contributed by atoms with van der Waals surface area (Å²) in [6.07, 6.45) is 2.84. The first-order valence-corrected chi connectivity index (χ1v) is 6.37. The maximum Gasteiger partial charge on any atom is 0.230 e. The van der Waals surface area contributed by atoms with Crippen molar-refractivity contribution in [1.29, 1.82) is 0 Å². The topological polar surface area (TPSA) is 46.3 Å². The molecular formula is C13H17ClN2O. The molecule has 0 unspecified atom stereocenters. The van der Waals surface area contributed by atoms with Gasteiger partial charge in [0.2, 0.25) is 5.91 Å². The number of hydrogen-bond donors (Lipinski definition) is 1. The molecule has 0 spiro atoms. The molecule has 2 rings (SSSR count). The van der Waals surface area contributed by atoms with Gasteiger partial charge in [-0.05, 0) is 44.0 Å². The Labute approximate surface area is 107 Å². The first-order chi connectivity index (χ1) is 8.22. The summed E-state index contributed by atoms with van der Waals surface area (Å²) in [5, 5.41) is 0.656. The number of rotatable bonds is 5. The second-order valence-electron chi connectivity index (χ2n) is 4.39. The molecule has 0 aromatic heterocycles. The van der Waals surface area contributed by atoms with E-state index in [1.54, 1.807) is 0 Å². The van der Waals surface area contributed by atoms with Gasteiger partial charge in [-0.25, -0.2) is 0 Å². The fraction of sp³-hybridized carbons (Fsp3) is 0.462. The summed E-state index contributed by atoms with van der Waals surface area (Å²) in [4.78, 5) is 14.0. The Morgan fingerprint density at radius 1 is 1.47 bits per heavy atom. The number of anilines is 1. The summed E-state index contributed by atoms with van der Waals surface area (Å²) in [5.74, 6) is 0.424. The van der Waals surface area contributed by atoms with Crippen molar-refractivity contribution in [2.24, 2.45) is 11.7 Å². The first kappa shape index (κ1) is 12.4. The SMILES string of the molecule is NCCCN(C(=O)C1CC1)c1cccc(Cl)c1. The lowest BCUT2D eigenvalue weighted by molar-refractivity contribution is -0.119. The minimum absolute atomic E-state index is 0.209. The van der Waals surface area contributed by atoms with Gasteiger partial charge in [0.15, 0.2) is 0 Å². The maximum atomic E-state index is 12.2. The number of amides is 1. The van der Waals surface area contributed by atoms with E-state index in [0.717, 1.165) is 24.9 Å². The van der Waals surface area contributed by atoms with E-state index in [1.807, 2.05) is 29.2 Å². The maximum absolute atomic E-state index is 12.2. The molecule has 1 amide bonds. The molecule has 1 aromatic carbocycles. The molecule has 1 saturated carbocycles. The number of carbonyl (C=O) groups is 1. The fourth-order valence-corrected chi connectivity index (χ4v) is 2.00. The van der Waals surface area contributed by atoms with Crippen molar-refractivity contribution in [1.82, 2.24) is 0 Å². The van der Waals surface area contributed by atoms with Gasteiger partial charge < -0.3 is 10.6 Å². The molecule has 1 aromatic rings. The summed E-state index contributed by atoms with van der Waals surface area (Å²) in [6, 6.07) is 7.43. The van der Waals surface area contributed by atoms with Gasteiger partial charge in [-0.15, -0.1) is 0 Å². The molecule has 0 heterocycles. The second-order valence-corrected chi connectivity index (χ2v) is 4.82. The molecule has 4 heteroatoms. The summed E-state index contributed by atoms with van der Waals surface area (Å²) in [6.45, 7) is 1.27. The van der Waals surface area contributed by atoms with Crippen molar-refractivity contribution in [2.45, 2.75) is 19.3 Å². The van der Waals surface area contributed by atoms with Gasteiger partial charge in [0.25, 0.3) is 0 Å². The minimum Gasteiger partial charge on any atom is -0.330 e. The molecule has 1 aliphatic carbocycles. The minimum atomic E-state index is 0.209. The predicted molar refractivity (Wildman–Crippen MR) is 70.2 cm³/mol. The third-order valence-corrected chi connectivity index (χ3v) is 3.13. The molecule has 2 N–H and O–H groups in total. The highest BCUT2D eigenvalue weighted by Gasteiger charge is 2.33. The highest BCUT2D eigenvalue weighted by atomic mass is 35.5. The van der Waals surface area contributed by atoms with Gasteiger partial charge in [0, 0.05) is 23.2 Å². The predicted octanol–water partition coefficient (Wildman–Crippen LogP) is 2.43. The Hall–Kier alpha value is -1.06. The van der Waals surface area contributed by atoms with E-state index in [4.69, 9.17) is 17.3 Å². The van der Waals surface area contributed by atoms with Gasteiger partial charge in [-0.1, -0.05) is 17.7 Å². The van der Waals surface area contributed by atoms with Crippen LogP contribution < -0.4 is 10.6 Å². The molecule has 0 bridgehead atoms. The Morgan fingerprint density at radius 3 is 2.82 bits per heavy atom. The zero-order valence-electron chi connectivity index (χ0n) is 9.73. The summed E-state index contributed by atoms with van der Waals surface area (Å²) < 4.78 is 0. The Bertz CT molecular complexity index is 404. The van der Waals surface area contributed by atoms with Crippen molar-refractivity contribution in [3.63, 3.8) is 0 Å². The molecular weight excluding hydrogens is 236 g/mol. The fourth-order valence-electron chi connectivity index (χ4n) is 1.81. The third-order valence-electron chi connectivity index (χ3n) is 2.90. The van der Waals surface area contributed by atoms with E-state index >= 15 is 0 Å². The van der Waals surface area contributed by atoms with Crippen LogP contribution in [0.1, 0.15) is 19.3 Å². The lowest BCUT2D eigenvalue weighted by Gasteiger charge is -2.22. The van der Waals surface area contributed by atoms with E-state index in [1.165, 1.54) is 0 Å². The average Bonchev–Trinajstić information content (AvgIpc) is 3.13. The molecule has 0 atom stereocenters. The molecule has 3 nitrogen and oxygen atoms in total. The van der Waals surface area contributed by atoms with Crippen LogP contribution in [0.4, 0.5) is 5.69 Å². The average molecular weight is 253 g/mol. The molecule has 17 heavy (non-hydrogen) atoms. The molecule has 92 valence electrons. The largest absolute Gasteiger partial charge is 0.330 e. The van der Waals surface area contributed by atoms with E-state index < -0.39 is 0 Å². The van der Waals surface area contributed by atoms with Gasteiger partial charge in [-0.3, -0.25) is 4.79 Å². The van der Waals surface area contributed by atoms with E-state index in [-0.39, 0.29) is 11.8 Å². The van der Waals surface area contributed by atoms with Crippen LogP contribution >= 0.6 is 11.6 Å². The smallest absolute Gasteiger partial charge is 0.230 e. The van der Waals surface area contributed by atoms with Gasteiger partial charge in [-0.2, -0.15) is 0 Å². The quantitative estimate of drug-likeness (QED) is 0.875. The Morgan fingerprint density at radius 2 is 2.24 bits per heavy atom. The highest BCUT2D eigenvalue weighted by molar-refractivity contribution is 6.30. The number of nitrogens with two attached hydrogens (primary N) is 1. The first-order valence-electron chi connectivity index (χ1n) is 5.99. The Balaban J connectivity index is 2.16. The van der Waals surface area contributed by atoms with Crippen molar-refractivity contribution in [2.75, 3.05) is 18.0 Å². The number of carbonyl (C=O) groups excluding carboxylic acids is 1. The van der Waals surface area contributed by atoms with Crippen LogP contribution in [-0.4, -0.2) is 19.0 Å². The van der Waals surface area contributed by atoms with Crippen molar-refractivity contribution >= 4 is 23.2 Å². The molecule has 0 saturated heterocycles. The molecule has 1 aliphatic rings. The molecule has 0 aliphatic heterocycles. The summed E-state index contributed by atoms with van der Waals surface area (Å²) in [5.41, 5.74) is 6.39. The van der Waals surface area contributed by atoms with E-state index in [0.29, 0.717) is 18.1 Å². The zero-order chi connectivity index (χ0) is 12.3. The molecule has 1 fully saturated rings. The molecule has 0 radical (unpaired) electrons. The van der Waals surface area contributed by atoms with Crippen LogP contribution in [0.3, 0.4) is 0 Å². The van der Waals surface area contributed by atoms with Crippen LogP contribution in [0.2, 0.25) is 5.02 Å². The van der Waals surface area contributed by atoms with E-state index in [9.17, 15) is 4.79 Å². The number of benzene rings is 1. The monoisotopic (exact) mass is 252 g/mol. The van der Waals surface area contributed by atoms with Crippen LogP contribution in [-0.2, 0) is 4.79 Å². The number of hydrogen-bond acceptors (Lipinski definition) is 2. The Kier molecular flexibility index (Phi) is 4.02. The lowest BCUT2D eigenvalue weighted by Crippen LogP contribution is -2.34.